The molecule has 3 rings (SSSR count). The highest BCUT2D eigenvalue weighted by Crippen LogP contribution is 2.17. The van der Waals surface area contributed by atoms with Crippen LogP contribution in [0.5, 0.6) is 0 Å². The van der Waals surface area contributed by atoms with Crippen LogP contribution in [0, 0.1) is 5.82 Å². The van der Waals surface area contributed by atoms with Gasteiger partial charge in [-0.2, -0.15) is 0 Å². The fourth-order valence-electron chi connectivity index (χ4n) is 3.18. The minimum atomic E-state index is -0.310. The number of halogens is 1. The average molecular weight is 418 g/mol. The third-order valence-electron chi connectivity index (χ3n) is 4.82. The first-order valence-corrected chi connectivity index (χ1v) is 10.7. The molecule has 1 aliphatic heterocycles. The van der Waals surface area contributed by atoms with E-state index >= 15 is 0 Å². The number of piperazine rings is 1. The zero-order valence-corrected chi connectivity index (χ0v) is 17.0. The van der Waals surface area contributed by atoms with Gasteiger partial charge in [0.25, 0.3) is 0 Å². The number of anilines is 1. The van der Waals surface area contributed by atoms with Crippen LogP contribution in [-0.2, 0) is 9.59 Å². The number of quaternary nitrogens is 1. The van der Waals surface area contributed by atoms with E-state index in [1.165, 1.54) is 34.5 Å². The molecule has 0 saturated carbocycles. The molecular formula is C21H26FN4O2S+. The first kappa shape index (κ1) is 21.1. The molecule has 154 valence electrons. The van der Waals surface area contributed by atoms with Gasteiger partial charge in [-0.3, -0.25) is 20.4 Å². The first-order valence-electron chi connectivity index (χ1n) is 9.70. The predicted molar refractivity (Wildman–Crippen MR) is 112 cm³/mol. The molecule has 3 N–H and O–H groups in total. The van der Waals surface area contributed by atoms with Gasteiger partial charge in [0, 0.05) is 10.6 Å². The highest BCUT2D eigenvalue weighted by molar-refractivity contribution is 8.00. The van der Waals surface area contributed by atoms with Gasteiger partial charge < -0.3 is 9.80 Å². The highest BCUT2D eigenvalue weighted by Gasteiger charge is 2.20. The maximum atomic E-state index is 12.9. The summed E-state index contributed by atoms with van der Waals surface area (Å²) in [5, 5.41) is 0. The minimum absolute atomic E-state index is 0.151. The molecule has 6 nitrogen and oxygen atoms in total. The summed E-state index contributed by atoms with van der Waals surface area (Å²) in [5.74, 6) is -0.646. The van der Waals surface area contributed by atoms with Crippen molar-refractivity contribution in [1.82, 2.24) is 10.9 Å². The average Bonchev–Trinajstić information content (AvgIpc) is 2.77. The SMILES string of the molecule is O=C(CC[NH+]1CCN(c2ccccc2)CC1)NNC(=O)CSc1ccc(F)cc1. The molecule has 0 radical (unpaired) electrons. The number of hydrazine groups is 1. The van der Waals surface area contributed by atoms with Crippen molar-refractivity contribution in [2.75, 3.05) is 43.4 Å². The Morgan fingerprint density at radius 2 is 1.62 bits per heavy atom. The summed E-state index contributed by atoms with van der Waals surface area (Å²) in [6.07, 6.45) is 0.367. The Kier molecular flexibility index (Phi) is 7.89. The molecular weight excluding hydrogens is 391 g/mol. The number of carbonyl (C=O) groups excluding carboxylic acids is 2. The van der Waals surface area contributed by atoms with E-state index in [1.807, 2.05) is 18.2 Å². The Labute approximate surface area is 174 Å². The maximum absolute atomic E-state index is 12.9. The summed E-state index contributed by atoms with van der Waals surface area (Å²) in [7, 11) is 0. The third kappa shape index (κ3) is 7.07. The van der Waals surface area contributed by atoms with Crippen molar-refractivity contribution in [3.63, 3.8) is 0 Å². The lowest BCUT2D eigenvalue weighted by Gasteiger charge is -2.33. The molecule has 1 saturated heterocycles. The molecule has 0 bridgehead atoms. The lowest BCUT2D eigenvalue weighted by atomic mass is 10.2. The van der Waals surface area contributed by atoms with E-state index in [4.69, 9.17) is 0 Å². The van der Waals surface area contributed by atoms with Crippen LogP contribution in [-0.4, -0.2) is 50.3 Å². The van der Waals surface area contributed by atoms with Crippen molar-refractivity contribution in [2.45, 2.75) is 11.3 Å². The van der Waals surface area contributed by atoms with Gasteiger partial charge >= 0.3 is 0 Å². The number of hydrogen-bond donors (Lipinski definition) is 3. The summed E-state index contributed by atoms with van der Waals surface area (Å²) in [6.45, 7) is 4.66. The molecule has 2 aromatic rings. The Balaban J connectivity index is 1.28. The summed E-state index contributed by atoms with van der Waals surface area (Å²) < 4.78 is 12.9. The molecule has 2 aromatic carbocycles. The second-order valence-corrected chi connectivity index (χ2v) is 7.96. The fraction of sp³-hybridized carbons (Fsp3) is 0.333. The van der Waals surface area contributed by atoms with Crippen molar-refractivity contribution in [1.29, 1.82) is 0 Å². The smallest absolute Gasteiger partial charge is 0.248 e. The molecule has 0 aliphatic carbocycles. The Hall–Kier alpha value is -2.58. The number of rotatable bonds is 7. The van der Waals surface area contributed by atoms with Crippen molar-refractivity contribution in [2.24, 2.45) is 0 Å². The molecule has 1 fully saturated rings. The minimum Gasteiger partial charge on any atom is -0.360 e. The molecule has 0 aromatic heterocycles. The molecule has 0 atom stereocenters. The number of nitrogens with zero attached hydrogens (tertiary/aromatic N) is 1. The van der Waals surface area contributed by atoms with E-state index < -0.39 is 0 Å². The second kappa shape index (κ2) is 10.8. The zero-order valence-electron chi connectivity index (χ0n) is 16.2. The Morgan fingerprint density at radius 1 is 0.966 bits per heavy atom. The second-order valence-electron chi connectivity index (χ2n) is 6.91. The van der Waals surface area contributed by atoms with Gasteiger partial charge in [-0.25, -0.2) is 4.39 Å². The van der Waals surface area contributed by atoms with Gasteiger partial charge in [-0.1, -0.05) is 18.2 Å². The molecule has 2 amide bonds. The number of nitrogens with one attached hydrogen (secondary N) is 3. The van der Waals surface area contributed by atoms with Gasteiger partial charge in [0.2, 0.25) is 11.8 Å². The predicted octanol–water partition coefficient (Wildman–Crippen LogP) is 0.860. The van der Waals surface area contributed by atoms with Crippen LogP contribution in [0.3, 0.4) is 0 Å². The molecule has 8 heteroatoms. The van der Waals surface area contributed by atoms with Crippen molar-refractivity contribution in [3.8, 4) is 0 Å². The lowest BCUT2D eigenvalue weighted by Crippen LogP contribution is -3.15. The van der Waals surface area contributed by atoms with Crippen LogP contribution in [0.25, 0.3) is 0 Å². The first-order chi connectivity index (χ1) is 14.1. The number of benzene rings is 2. The number of thioether (sulfide) groups is 1. The molecule has 0 spiro atoms. The van der Waals surface area contributed by atoms with Gasteiger partial charge in [-0.15, -0.1) is 11.8 Å². The van der Waals surface area contributed by atoms with Gasteiger partial charge in [0.05, 0.1) is 44.9 Å². The van der Waals surface area contributed by atoms with Gasteiger partial charge in [-0.05, 0) is 36.4 Å². The molecule has 1 aliphatic rings. The normalized spacial score (nSPS) is 14.4. The summed E-state index contributed by atoms with van der Waals surface area (Å²) in [4.78, 5) is 28.4. The number of hydrogen-bond acceptors (Lipinski definition) is 4. The topological polar surface area (TPSA) is 65.9 Å². The molecule has 29 heavy (non-hydrogen) atoms. The van der Waals surface area contributed by atoms with E-state index in [0.717, 1.165) is 37.6 Å². The number of carbonyl (C=O) groups is 2. The van der Waals surface area contributed by atoms with Crippen LogP contribution >= 0.6 is 11.8 Å². The quantitative estimate of drug-likeness (QED) is 0.462. The fourth-order valence-corrected chi connectivity index (χ4v) is 3.88. The molecule has 1 heterocycles. The van der Waals surface area contributed by atoms with Gasteiger partial charge in [0.15, 0.2) is 0 Å². The maximum Gasteiger partial charge on any atom is 0.248 e. The van der Waals surface area contributed by atoms with Gasteiger partial charge in [0.1, 0.15) is 5.82 Å². The number of amides is 2. The van der Waals surface area contributed by atoms with Crippen LogP contribution < -0.4 is 20.7 Å². The van der Waals surface area contributed by atoms with Crippen molar-refractivity contribution < 1.29 is 18.9 Å². The standard InChI is InChI=1S/C21H25FN4O2S/c22-17-6-8-19(9-7-17)29-16-21(28)24-23-20(27)10-11-25-12-14-26(15-13-25)18-4-2-1-3-5-18/h1-9H,10-16H2,(H,23,27)(H,24,28)/p+1. The highest BCUT2D eigenvalue weighted by atomic mass is 32.2. The summed E-state index contributed by atoms with van der Waals surface area (Å²) in [6, 6.07) is 16.3. The Morgan fingerprint density at radius 3 is 2.31 bits per heavy atom. The van der Waals surface area contributed by atoms with Crippen LogP contribution in [0.1, 0.15) is 6.42 Å². The largest absolute Gasteiger partial charge is 0.360 e. The van der Waals surface area contributed by atoms with Crippen LogP contribution in [0.4, 0.5) is 10.1 Å². The van der Waals surface area contributed by atoms with E-state index in [2.05, 4.69) is 27.9 Å². The van der Waals surface area contributed by atoms with Crippen LogP contribution in [0.15, 0.2) is 59.5 Å². The summed E-state index contributed by atoms with van der Waals surface area (Å²) >= 11 is 1.28. The van der Waals surface area contributed by atoms with E-state index in [1.54, 1.807) is 12.1 Å². The summed E-state index contributed by atoms with van der Waals surface area (Å²) in [5.41, 5.74) is 6.14. The lowest BCUT2D eigenvalue weighted by molar-refractivity contribution is -0.900. The zero-order chi connectivity index (χ0) is 20.5. The van der Waals surface area contributed by atoms with Crippen molar-refractivity contribution in [3.05, 3.63) is 60.4 Å². The monoisotopic (exact) mass is 417 g/mol. The number of para-hydroxylation sites is 1. The third-order valence-corrected chi connectivity index (χ3v) is 5.83. The Bertz CT molecular complexity index is 796. The van der Waals surface area contributed by atoms with E-state index in [-0.39, 0.29) is 23.4 Å². The van der Waals surface area contributed by atoms with E-state index in [0.29, 0.717) is 6.42 Å². The van der Waals surface area contributed by atoms with E-state index in [9.17, 15) is 14.0 Å². The van der Waals surface area contributed by atoms with Crippen molar-refractivity contribution >= 4 is 29.3 Å². The molecule has 0 unspecified atom stereocenters. The van der Waals surface area contributed by atoms with Crippen LogP contribution in [0.2, 0.25) is 0 Å².